The third-order valence-corrected chi connectivity index (χ3v) is 7.27. The van der Waals surface area contributed by atoms with Gasteiger partial charge in [0.1, 0.15) is 5.69 Å². The SMILES string of the molecule is Cc1ccc(S(C)(=O)=O)cc1-c1cnc2c(N)nc(C(=O)NC3CCCN(CCO)C3)cn12.O=C(O)C(F)(F)F. The normalized spacial score (nSPS) is 16.3. The average molecular weight is 587 g/mol. The highest BCUT2D eigenvalue weighted by Gasteiger charge is 2.38. The number of hydrogen-bond acceptors (Lipinski definition) is 9. The summed E-state index contributed by atoms with van der Waals surface area (Å²) >= 11 is 0. The third-order valence-electron chi connectivity index (χ3n) is 6.16. The monoisotopic (exact) mass is 586 g/mol. The number of aryl methyl sites for hydroxylation is 1. The molecule has 16 heteroatoms. The fraction of sp³-hybridized carbons (Fsp3) is 0.417. The van der Waals surface area contributed by atoms with Crippen LogP contribution in [0.4, 0.5) is 19.0 Å². The van der Waals surface area contributed by atoms with Gasteiger partial charge in [-0.25, -0.2) is 23.2 Å². The van der Waals surface area contributed by atoms with E-state index < -0.39 is 22.0 Å². The number of sulfone groups is 1. The number of carbonyl (C=O) groups excluding carboxylic acids is 1. The lowest BCUT2D eigenvalue weighted by atomic mass is 10.1. The van der Waals surface area contributed by atoms with Gasteiger partial charge in [0, 0.05) is 37.1 Å². The van der Waals surface area contributed by atoms with Crippen molar-refractivity contribution in [3.63, 3.8) is 0 Å². The molecule has 40 heavy (non-hydrogen) atoms. The number of piperidine rings is 1. The van der Waals surface area contributed by atoms with Crippen molar-refractivity contribution in [2.75, 3.05) is 38.2 Å². The van der Waals surface area contributed by atoms with Crippen LogP contribution < -0.4 is 11.1 Å². The number of nitrogens with one attached hydrogen (secondary N) is 1. The summed E-state index contributed by atoms with van der Waals surface area (Å²) in [5.74, 6) is -3.00. The number of aliphatic hydroxyl groups is 1. The number of imidazole rings is 1. The lowest BCUT2D eigenvalue weighted by Crippen LogP contribution is -2.48. The fourth-order valence-corrected chi connectivity index (χ4v) is 4.85. The van der Waals surface area contributed by atoms with E-state index in [0.29, 0.717) is 30.0 Å². The molecule has 5 N–H and O–H groups in total. The molecular formula is C24H29F3N6O6S. The molecule has 4 rings (SSSR count). The number of likely N-dealkylation sites (tertiary alicyclic amines) is 1. The Morgan fingerprint density at radius 1 is 1.27 bits per heavy atom. The number of carboxylic acid groups (broad SMARTS) is 1. The first-order valence-electron chi connectivity index (χ1n) is 12.0. The predicted octanol–water partition coefficient (Wildman–Crippen LogP) is 1.51. The molecule has 1 aliphatic heterocycles. The maximum atomic E-state index is 13.0. The number of nitrogens with two attached hydrogens (primary N) is 1. The quantitative estimate of drug-likeness (QED) is 0.331. The third kappa shape index (κ3) is 7.45. The maximum Gasteiger partial charge on any atom is 0.490 e. The number of amides is 1. The van der Waals surface area contributed by atoms with Gasteiger partial charge in [-0.15, -0.1) is 0 Å². The molecule has 0 aliphatic carbocycles. The molecule has 1 atom stereocenters. The number of carbonyl (C=O) groups is 2. The fourth-order valence-electron chi connectivity index (χ4n) is 4.21. The number of nitrogens with zero attached hydrogens (tertiary/aromatic N) is 4. The molecule has 0 radical (unpaired) electrons. The van der Waals surface area contributed by atoms with Crippen molar-refractivity contribution in [2.45, 2.75) is 36.9 Å². The summed E-state index contributed by atoms with van der Waals surface area (Å²) in [6.45, 7) is 4.10. The molecule has 1 aliphatic rings. The number of fused-ring (bicyclic) bond motifs is 1. The molecule has 1 unspecified atom stereocenters. The predicted molar refractivity (Wildman–Crippen MR) is 138 cm³/mol. The van der Waals surface area contributed by atoms with Crippen molar-refractivity contribution >= 4 is 33.2 Å². The van der Waals surface area contributed by atoms with E-state index in [1.165, 1.54) is 0 Å². The number of benzene rings is 1. The second kappa shape index (κ2) is 12.2. The van der Waals surface area contributed by atoms with Crippen molar-refractivity contribution in [3.8, 4) is 11.3 Å². The molecular weight excluding hydrogens is 557 g/mol. The zero-order chi connectivity index (χ0) is 29.8. The van der Waals surface area contributed by atoms with E-state index in [1.54, 1.807) is 35.0 Å². The van der Waals surface area contributed by atoms with Crippen LogP contribution in [0.25, 0.3) is 16.9 Å². The number of nitrogen functional groups attached to an aromatic ring is 1. The van der Waals surface area contributed by atoms with E-state index in [1.807, 2.05) is 6.92 Å². The molecule has 0 bridgehead atoms. The highest BCUT2D eigenvalue weighted by atomic mass is 32.2. The first-order valence-corrected chi connectivity index (χ1v) is 13.9. The second-order valence-corrected chi connectivity index (χ2v) is 11.3. The zero-order valence-electron chi connectivity index (χ0n) is 21.6. The van der Waals surface area contributed by atoms with Gasteiger partial charge in [-0.2, -0.15) is 13.2 Å². The summed E-state index contributed by atoms with van der Waals surface area (Å²) in [6.07, 6.45) is 1.02. The first-order chi connectivity index (χ1) is 18.6. The van der Waals surface area contributed by atoms with Gasteiger partial charge in [-0.1, -0.05) is 6.07 Å². The number of aliphatic hydroxyl groups excluding tert-OH is 1. The highest BCUT2D eigenvalue weighted by molar-refractivity contribution is 7.90. The van der Waals surface area contributed by atoms with Gasteiger partial charge in [-0.3, -0.25) is 14.1 Å². The largest absolute Gasteiger partial charge is 0.490 e. The number of β-amino-alcohol motifs (C(OH)–C–C–N with tert-alkyl or cyclic N) is 1. The van der Waals surface area contributed by atoms with Crippen LogP contribution in [0.5, 0.6) is 0 Å². The number of hydrogen-bond donors (Lipinski definition) is 4. The number of aromatic nitrogens is 3. The summed E-state index contributed by atoms with van der Waals surface area (Å²) in [5, 5.41) is 19.3. The summed E-state index contributed by atoms with van der Waals surface area (Å²) in [7, 11) is -3.39. The van der Waals surface area contributed by atoms with E-state index >= 15 is 0 Å². The Labute approximate surface area is 227 Å². The van der Waals surface area contributed by atoms with Gasteiger partial charge in [0.2, 0.25) is 0 Å². The molecule has 2 aromatic heterocycles. The Bertz CT molecular complexity index is 1510. The highest BCUT2D eigenvalue weighted by Crippen LogP contribution is 2.28. The van der Waals surface area contributed by atoms with E-state index in [-0.39, 0.29) is 35.0 Å². The molecule has 0 spiro atoms. The number of anilines is 1. The lowest BCUT2D eigenvalue weighted by molar-refractivity contribution is -0.192. The van der Waals surface area contributed by atoms with E-state index in [0.717, 1.165) is 31.2 Å². The van der Waals surface area contributed by atoms with Crippen molar-refractivity contribution in [1.29, 1.82) is 0 Å². The minimum atomic E-state index is -5.08. The molecule has 1 amide bonds. The second-order valence-electron chi connectivity index (χ2n) is 9.24. The van der Waals surface area contributed by atoms with E-state index in [2.05, 4.69) is 20.2 Å². The van der Waals surface area contributed by atoms with Crippen LogP contribution in [0.3, 0.4) is 0 Å². The number of aliphatic carboxylic acids is 1. The van der Waals surface area contributed by atoms with Crippen molar-refractivity contribution in [3.05, 3.63) is 41.9 Å². The number of carboxylic acids is 1. The Balaban J connectivity index is 0.000000559. The molecule has 12 nitrogen and oxygen atoms in total. The first kappa shape index (κ1) is 30.8. The van der Waals surface area contributed by atoms with Gasteiger partial charge in [0.05, 0.1) is 23.4 Å². The van der Waals surface area contributed by atoms with Crippen molar-refractivity contribution < 1.29 is 41.4 Å². The van der Waals surface area contributed by atoms with Gasteiger partial charge >= 0.3 is 12.1 Å². The molecule has 3 heterocycles. The maximum absolute atomic E-state index is 13.0. The van der Waals surface area contributed by atoms with E-state index in [9.17, 15) is 31.5 Å². The molecule has 1 fully saturated rings. The van der Waals surface area contributed by atoms with Crippen LogP contribution in [0.1, 0.15) is 28.9 Å². The Hall–Kier alpha value is -3.76. The van der Waals surface area contributed by atoms with Crippen LogP contribution >= 0.6 is 0 Å². The molecule has 218 valence electrons. The van der Waals surface area contributed by atoms with Crippen LogP contribution in [0.2, 0.25) is 0 Å². The van der Waals surface area contributed by atoms with Gasteiger partial charge in [0.25, 0.3) is 5.91 Å². The molecule has 3 aromatic rings. The average Bonchev–Trinajstić information content (AvgIpc) is 3.28. The standard InChI is InChI=1S/C22H28N6O4S.C2HF3O2/c1-14-5-6-16(33(2,31)32)10-17(14)19-11-24-21-20(23)26-18(13-28(19)21)22(30)25-15-4-3-7-27(12-15)8-9-29;3-2(4,5)1(6)7/h5-6,10-11,13,15,29H,3-4,7-9,12H2,1-2H3,(H2,23,26)(H,25,30);(H,6,7). The van der Waals surface area contributed by atoms with Gasteiger partial charge in [-0.05, 0) is 44.0 Å². The van der Waals surface area contributed by atoms with E-state index in [4.69, 9.17) is 15.6 Å². The smallest absolute Gasteiger partial charge is 0.475 e. The van der Waals surface area contributed by atoms with Crippen LogP contribution in [0, 0.1) is 6.92 Å². The lowest BCUT2D eigenvalue weighted by Gasteiger charge is -2.32. The molecule has 1 saturated heterocycles. The Morgan fingerprint density at radius 2 is 1.95 bits per heavy atom. The number of halogens is 3. The summed E-state index contributed by atoms with van der Waals surface area (Å²) in [6, 6.07) is 4.86. The minimum absolute atomic E-state index is 0.0486. The van der Waals surface area contributed by atoms with Gasteiger partial charge in [0.15, 0.2) is 21.3 Å². The number of alkyl halides is 3. The van der Waals surface area contributed by atoms with Crippen molar-refractivity contribution in [1.82, 2.24) is 24.6 Å². The number of rotatable bonds is 6. The minimum Gasteiger partial charge on any atom is -0.475 e. The zero-order valence-corrected chi connectivity index (χ0v) is 22.5. The summed E-state index contributed by atoms with van der Waals surface area (Å²) in [4.78, 5) is 32.8. The van der Waals surface area contributed by atoms with Crippen LogP contribution in [-0.4, -0.2) is 94.5 Å². The van der Waals surface area contributed by atoms with Gasteiger partial charge < -0.3 is 21.3 Å². The Morgan fingerprint density at radius 3 is 2.55 bits per heavy atom. The van der Waals surface area contributed by atoms with Crippen LogP contribution in [0.15, 0.2) is 35.5 Å². The molecule has 1 aromatic carbocycles. The summed E-state index contributed by atoms with van der Waals surface area (Å²) in [5.41, 5.74) is 8.79. The molecule has 0 saturated carbocycles. The Kier molecular flexibility index (Phi) is 9.37. The van der Waals surface area contributed by atoms with Crippen molar-refractivity contribution in [2.24, 2.45) is 0 Å². The topological polar surface area (TPSA) is 180 Å². The summed E-state index contributed by atoms with van der Waals surface area (Å²) < 4.78 is 57.5. The van der Waals surface area contributed by atoms with Crippen LogP contribution in [-0.2, 0) is 14.6 Å².